The Hall–Kier alpha value is -1.33. The maximum atomic E-state index is 12.0. The molecule has 66 valence electrons. The average molecular weight is 177 g/mol. The third-order valence-corrected chi connectivity index (χ3v) is 1.17. The van der Waals surface area contributed by atoms with Crippen LogP contribution in [-0.4, -0.2) is 17.0 Å². The van der Waals surface area contributed by atoms with E-state index in [0.29, 0.717) is 0 Å². The molecule has 0 aromatic carbocycles. The SMILES string of the molecule is CNc1nccc(C(F)(F)F)n1. The van der Waals surface area contributed by atoms with Crippen LogP contribution in [0, 0.1) is 0 Å². The van der Waals surface area contributed by atoms with Crippen molar-refractivity contribution >= 4 is 5.95 Å². The van der Waals surface area contributed by atoms with Crippen molar-refractivity contribution in [2.24, 2.45) is 0 Å². The second-order valence-corrected chi connectivity index (χ2v) is 2.01. The number of nitrogens with zero attached hydrogens (tertiary/aromatic N) is 2. The Kier molecular flexibility index (Phi) is 2.16. The largest absolute Gasteiger partial charge is 0.433 e. The molecule has 0 aliphatic carbocycles. The van der Waals surface area contributed by atoms with Crippen molar-refractivity contribution in [1.29, 1.82) is 0 Å². The maximum Gasteiger partial charge on any atom is 0.433 e. The molecule has 0 radical (unpaired) electrons. The van der Waals surface area contributed by atoms with Gasteiger partial charge in [0.05, 0.1) is 0 Å². The normalized spacial score (nSPS) is 11.3. The van der Waals surface area contributed by atoms with Crippen molar-refractivity contribution in [3.63, 3.8) is 0 Å². The molecule has 3 nitrogen and oxygen atoms in total. The van der Waals surface area contributed by atoms with Gasteiger partial charge in [-0.2, -0.15) is 13.2 Å². The van der Waals surface area contributed by atoms with E-state index in [2.05, 4.69) is 15.3 Å². The molecule has 0 atom stereocenters. The summed E-state index contributed by atoms with van der Waals surface area (Å²) in [5.74, 6) is -0.0372. The van der Waals surface area contributed by atoms with E-state index in [1.165, 1.54) is 7.05 Å². The van der Waals surface area contributed by atoms with Gasteiger partial charge in [-0.15, -0.1) is 0 Å². The highest BCUT2D eigenvalue weighted by Crippen LogP contribution is 2.27. The molecule has 0 saturated carbocycles. The zero-order valence-corrected chi connectivity index (χ0v) is 6.18. The monoisotopic (exact) mass is 177 g/mol. The first kappa shape index (κ1) is 8.76. The van der Waals surface area contributed by atoms with E-state index in [4.69, 9.17) is 0 Å². The van der Waals surface area contributed by atoms with Crippen molar-refractivity contribution in [2.45, 2.75) is 6.18 Å². The molecule has 0 fully saturated rings. The van der Waals surface area contributed by atoms with Gasteiger partial charge in [0.1, 0.15) is 5.69 Å². The van der Waals surface area contributed by atoms with Crippen molar-refractivity contribution in [3.8, 4) is 0 Å². The summed E-state index contributed by atoms with van der Waals surface area (Å²) in [6.45, 7) is 0. The molecule has 1 rings (SSSR count). The fourth-order valence-corrected chi connectivity index (χ4v) is 0.637. The molecule has 1 heterocycles. The smallest absolute Gasteiger partial charge is 0.357 e. The summed E-state index contributed by atoms with van der Waals surface area (Å²) >= 11 is 0. The van der Waals surface area contributed by atoms with Crippen molar-refractivity contribution in [2.75, 3.05) is 12.4 Å². The van der Waals surface area contributed by atoms with Crippen LogP contribution in [0.15, 0.2) is 12.3 Å². The Morgan fingerprint density at radius 3 is 2.58 bits per heavy atom. The lowest BCUT2D eigenvalue weighted by atomic mass is 10.4. The number of hydrogen-bond donors (Lipinski definition) is 1. The lowest BCUT2D eigenvalue weighted by Gasteiger charge is -2.05. The van der Waals surface area contributed by atoms with Crippen LogP contribution < -0.4 is 5.32 Å². The average Bonchev–Trinajstić information content (AvgIpc) is 2.03. The molecule has 1 aromatic heterocycles. The van der Waals surface area contributed by atoms with Gasteiger partial charge >= 0.3 is 6.18 Å². The molecule has 0 saturated heterocycles. The van der Waals surface area contributed by atoms with Crippen LogP contribution in [0.5, 0.6) is 0 Å². The topological polar surface area (TPSA) is 37.8 Å². The third-order valence-electron chi connectivity index (χ3n) is 1.17. The molecule has 0 bridgehead atoms. The number of nitrogens with one attached hydrogen (secondary N) is 1. The number of rotatable bonds is 1. The second-order valence-electron chi connectivity index (χ2n) is 2.01. The minimum atomic E-state index is -4.41. The van der Waals surface area contributed by atoms with Crippen LogP contribution in [-0.2, 0) is 6.18 Å². The fourth-order valence-electron chi connectivity index (χ4n) is 0.637. The van der Waals surface area contributed by atoms with Crippen molar-refractivity contribution in [3.05, 3.63) is 18.0 Å². The van der Waals surface area contributed by atoms with Crippen LogP contribution in [0.3, 0.4) is 0 Å². The molecule has 0 spiro atoms. The Balaban J connectivity index is 3.02. The maximum absolute atomic E-state index is 12.0. The number of anilines is 1. The summed E-state index contributed by atoms with van der Waals surface area (Å²) in [5, 5.41) is 2.42. The van der Waals surface area contributed by atoms with Gasteiger partial charge in [0, 0.05) is 13.2 Å². The highest BCUT2D eigenvalue weighted by atomic mass is 19.4. The Morgan fingerprint density at radius 1 is 1.42 bits per heavy atom. The predicted octanol–water partition coefficient (Wildman–Crippen LogP) is 1.54. The predicted molar refractivity (Wildman–Crippen MR) is 36.6 cm³/mol. The lowest BCUT2D eigenvalue weighted by Crippen LogP contribution is -2.09. The molecule has 1 aromatic rings. The van der Waals surface area contributed by atoms with Crippen LogP contribution in [0.4, 0.5) is 19.1 Å². The summed E-state index contributed by atoms with van der Waals surface area (Å²) in [5.41, 5.74) is -0.943. The van der Waals surface area contributed by atoms with Gasteiger partial charge in [-0.1, -0.05) is 0 Å². The quantitative estimate of drug-likeness (QED) is 0.706. The molecule has 1 N–H and O–H groups in total. The van der Waals surface area contributed by atoms with Crippen molar-refractivity contribution < 1.29 is 13.2 Å². The van der Waals surface area contributed by atoms with E-state index in [-0.39, 0.29) is 5.95 Å². The van der Waals surface area contributed by atoms with Gasteiger partial charge in [-0.25, -0.2) is 9.97 Å². The zero-order chi connectivity index (χ0) is 9.19. The van der Waals surface area contributed by atoms with E-state index in [1.807, 2.05) is 0 Å². The van der Waals surface area contributed by atoms with Crippen LogP contribution in [0.25, 0.3) is 0 Å². The molecule has 12 heavy (non-hydrogen) atoms. The van der Waals surface area contributed by atoms with Gasteiger partial charge in [-0.3, -0.25) is 0 Å². The zero-order valence-electron chi connectivity index (χ0n) is 6.18. The Bertz CT molecular complexity index is 271. The summed E-state index contributed by atoms with van der Waals surface area (Å²) in [4.78, 5) is 6.76. The highest BCUT2D eigenvalue weighted by molar-refractivity contribution is 5.24. The summed E-state index contributed by atoms with van der Waals surface area (Å²) in [6.07, 6.45) is -3.35. The minimum absolute atomic E-state index is 0.0372. The molecular weight excluding hydrogens is 171 g/mol. The molecule has 0 unspecified atom stereocenters. The summed E-state index contributed by atoms with van der Waals surface area (Å²) < 4.78 is 36.0. The van der Waals surface area contributed by atoms with Crippen LogP contribution in [0.1, 0.15) is 5.69 Å². The van der Waals surface area contributed by atoms with E-state index in [0.717, 1.165) is 12.3 Å². The van der Waals surface area contributed by atoms with E-state index in [1.54, 1.807) is 0 Å². The molecule has 6 heteroatoms. The number of aromatic nitrogens is 2. The number of hydrogen-bond acceptors (Lipinski definition) is 3. The first-order chi connectivity index (χ1) is 5.54. The molecule has 0 amide bonds. The van der Waals surface area contributed by atoms with Crippen LogP contribution >= 0.6 is 0 Å². The van der Waals surface area contributed by atoms with Gasteiger partial charge < -0.3 is 5.32 Å². The van der Waals surface area contributed by atoms with Gasteiger partial charge in [0.25, 0.3) is 0 Å². The molecular formula is C6H6F3N3. The van der Waals surface area contributed by atoms with Gasteiger partial charge in [-0.05, 0) is 6.07 Å². The summed E-state index contributed by atoms with van der Waals surface area (Å²) in [7, 11) is 1.45. The van der Waals surface area contributed by atoms with Crippen LogP contribution in [0.2, 0.25) is 0 Å². The first-order valence-corrected chi connectivity index (χ1v) is 3.12. The Labute approximate surface area is 66.6 Å². The molecule has 0 aliphatic heterocycles. The number of halogens is 3. The number of alkyl halides is 3. The standard InChI is InChI=1S/C6H6F3N3/c1-10-5-11-3-2-4(12-5)6(7,8)9/h2-3H,1H3,(H,10,11,12). The third kappa shape index (κ3) is 1.84. The highest BCUT2D eigenvalue weighted by Gasteiger charge is 2.32. The van der Waals surface area contributed by atoms with E-state index in [9.17, 15) is 13.2 Å². The first-order valence-electron chi connectivity index (χ1n) is 3.12. The van der Waals surface area contributed by atoms with Gasteiger partial charge in [0.2, 0.25) is 5.95 Å². The fraction of sp³-hybridized carbons (Fsp3) is 0.333. The molecule has 0 aliphatic rings. The summed E-state index contributed by atoms with van der Waals surface area (Å²) in [6, 6.07) is 0.820. The lowest BCUT2D eigenvalue weighted by molar-refractivity contribution is -0.141. The van der Waals surface area contributed by atoms with E-state index >= 15 is 0 Å². The van der Waals surface area contributed by atoms with Gasteiger partial charge in [0.15, 0.2) is 0 Å². The van der Waals surface area contributed by atoms with Crippen molar-refractivity contribution in [1.82, 2.24) is 9.97 Å². The second kappa shape index (κ2) is 2.96. The Morgan fingerprint density at radius 2 is 2.08 bits per heavy atom. The minimum Gasteiger partial charge on any atom is -0.357 e. The van der Waals surface area contributed by atoms with E-state index < -0.39 is 11.9 Å².